The smallest absolute Gasteiger partial charge is 0.287 e. The van der Waals surface area contributed by atoms with Gasteiger partial charge in [-0.1, -0.05) is 12.1 Å². The minimum absolute atomic E-state index is 0. The maximum absolute atomic E-state index is 12.0. The van der Waals surface area contributed by atoms with E-state index in [1.807, 2.05) is 19.1 Å². The Labute approximate surface area is 207 Å². The van der Waals surface area contributed by atoms with Crippen LogP contribution in [0.4, 0.5) is 0 Å². The lowest BCUT2D eigenvalue weighted by Gasteiger charge is -2.27. The zero-order chi connectivity index (χ0) is 21.9. The normalized spacial score (nSPS) is 15.0. The van der Waals surface area contributed by atoms with Crippen molar-refractivity contribution in [2.45, 2.75) is 25.8 Å². The third-order valence-corrected chi connectivity index (χ3v) is 5.27. The Hall–Kier alpha value is -2.27. The van der Waals surface area contributed by atoms with Crippen LogP contribution in [0.25, 0.3) is 0 Å². The Morgan fingerprint density at radius 2 is 1.94 bits per heavy atom. The monoisotopic (exact) mass is 555 g/mol. The summed E-state index contributed by atoms with van der Waals surface area (Å²) in [5.74, 6) is 1.69. The molecule has 1 atom stereocenters. The average Bonchev–Trinajstić information content (AvgIpc) is 3.51. The van der Waals surface area contributed by atoms with E-state index < -0.39 is 0 Å². The molecule has 3 N–H and O–H groups in total. The van der Waals surface area contributed by atoms with Crippen LogP contribution in [0.15, 0.2) is 52.1 Å². The van der Waals surface area contributed by atoms with Gasteiger partial charge in [0.25, 0.3) is 5.91 Å². The summed E-state index contributed by atoms with van der Waals surface area (Å²) in [4.78, 5) is 19.3. The number of ether oxygens (including phenoxy) is 1. The molecule has 32 heavy (non-hydrogen) atoms. The third kappa shape index (κ3) is 7.70. The highest BCUT2D eigenvalue weighted by Gasteiger charge is 2.23. The highest BCUT2D eigenvalue weighted by atomic mass is 127. The number of aliphatic imine (C=N–C) groups is 1. The van der Waals surface area contributed by atoms with Crippen LogP contribution in [0.1, 0.15) is 41.9 Å². The second-order valence-electron chi connectivity index (χ2n) is 7.42. The number of carbonyl (C=O) groups is 1. The number of hydrogen-bond donors (Lipinski definition) is 3. The number of methoxy groups -OCH3 is 1. The molecule has 1 saturated heterocycles. The molecular weight excluding hydrogens is 521 g/mol. The molecule has 0 aliphatic carbocycles. The van der Waals surface area contributed by atoms with Gasteiger partial charge in [0.1, 0.15) is 5.75 Å². The molecule has 3 rings (SSSR count). The highest BCUT2D eigenvalue weighted by Crippen LogP contribution is 2.27. The van der Waals surface area contributed by atoms with Gasteiger partial charge in [0, 0.05) is 19.6 Å². The molecule has 0 spiro atoms. The predicted molar refractivity (Wildman–Crippen MR) is 137 cm³/mol. The van der Waals surface area contributed by atoms with Crippen LogP contribution in [-0.2, 0) is 0 Å². The van der Waals surface area contributed by atoms with Gasteiger partial charge in [-0.2, -0.15) is 0 Å². The highest BCUT2D eigenvalue weighted by molar-refractivity contribution is 14.0. The van der Waals surface area contributed by atoms with Gasteiger partial charge in [-0.15, -0.1) is 24.0 Å². The molecule has 0 radical (unpaired) electrons. The minimum Gasteiger partial charge on any atom is -0.497 e. The quantitative estimate of drug-likeness (QED) is 0.181. The van der Waals surface area contributed by atoms with Crippen molar-refractivity contribution < 1.29 is 13.9 Å². The van der Waals surface area contributed by atoms with Crippen molar-refractivity contribution in [2.24, 2.45) is 4.99 Å². The number of nitrogens with zero attached hydrogens (tertiary/aromatic N) is 2. The van der Waals surface area contributed by atoms with Crippen LogP contribution in [-0.4, -0.2) is 63.1 Å². The van der Waals surface area contributed by atoms with Crippen LogP contribution in [0.3, 0.4) is 0 Å². The summed E-state index contributed by atoms with van der Waals surface area (Å²) in [6.07, 6.45) is 3.93. The summed E-state index contributed by atoms with van der Waals surface area (Å²) < 4.78 is 10.5. The first-order valence-electron chi connectivity index (χ1n) is 10.9. The van der Waals surface area contributed by atoms with E-state index in [0.717, 1.165) is 31.3 Å². The van der Waals surface area contributed by atoms with E-state index in [0.29, 0.717) is 25.4 Å². The number of rotatable bonds is 10. The zero-order valence-electron chi connectivity index (χ0n) is 18.8. The molecule has 2 aromatic rings. The summed E-state index contributed by atoms with van der Waals surface area (Å²) in [7, 11) is 1.69. The number of nitrogens with one attached hydrogen (secondary N) is 3. The Kier molecular flexibility index (Phi) is 11.4. The van der Waals surface area contributed by atoms with Gasteiger partial charge >= 0.3 is 0 Å². The van der Waals surface area contributed by atoms with Gasteiger partial charge in [0.2, 0.25) is 0 Å². The van der Waals surface area contributed by atoms with E-state index in [1.165, 1.54) is 24.7 Å². The fourth-order valence-corrected chi connectivity index (χ4v) is 3.71. The fourth-order valence-electron chi connectivity index (χ4n) is 3.71. The summed E-state index contributed by atoms with van der Waals surface area (Å²) in [5, 5.41) is 9.40. The van der Waals surface area contributed by atoms with Crippen molar-refractivity contribution in [3.05, 3.63) is 54.0 Å². The maximum Gasteiger partial charge on any atom is 0.287 e. The van der Waals surface area contributed by atoms with Crippen molar-refractivity contribution in [3.8, 4) is 5.75 Å². The first-order valence-corrected chi connectivity index (χ1v) is 10.9. The number of halogens is 1. The lowest BCUT2D eigenvalue weighted by molar-refractivity contribution is 0.0926. The van der Waals surface area contributed by atoms with Gasteiger partial charge in [0.05, 0.1) is 26.0 Å². The van der Waals surface area contributed by atoms with E-state index >= 15 is 0 Å². The summed E-state index contributed by atoms with van der Waals surface area (Å²) in [6.45, 7) is 6.64. The molecule has 0 bridgehead atoms. The standard InChI is InChI=1S/C23H33N5O3.HI/c1-3-24-23(26-12-11-25-22(29)21-10-7-15-31-21)27-17-20(28-13-4-5-14-28)18-8-6-9-19(16-18)30-2;/h6-10,15-16,20H,3-5,11-14,17H2,1-2H3,(H,25,29)(H2,24,26,27);1H. The molecular formula is C23H34IN5O3. The van der Waals surface area contributed by atoms with Gasteiger partial charge < -0.3 is 25.1 Å². The zero-order valence-corrected chi connectivity index (χ0v) is 21.1. The van der Waals surface area contributed by atoms with Gasteiger partial charge in [-0.3, -0.25) is 14.7 Å². The van der Waals surface area contributed by atoms with Crippen molar-refractivity contribution in [1.29, 1.82) is 0 Å². The molecule has 1 aromatic carbocycles. The molecule has 9 heteroatoms. The number of hydrogen-bond acceptors (Lipinski definition) is 5. The van der Waals surface area contributed by atoms with E-state index in [9.17, 15) is 4.79 Å². The van der Waals surface area contributed by atoms with Crippen LogP contribution >= 0.6 is 24.0 Å². The summed E-state index contributed by atoms with van der Waals surface area (Å²) in [6, 6.07) is 11.8. The second-order valence-corrected chi connectivity index (χ2v) is 7.42. The lowest BCUT2D eigenvalue weighted by atomic mass is 10.1. The number of furan rings is 1. The fraction of sp³-hybridized carbons (Fsp3) is 0.478. The summed E-state index contributed by atoms with van der Waals surface area (Å²) >= 11 is 0. The first-order chi connectivity index (χ1) is 15.2. The molecule has 1 aliphatic rings. The number of amides is 1. The molecule has 176 valence electrons. The molecule has 1 aromatic heterocycles. The van der Waals surface area contributed by atoms with Gasteiger partial charge in [-0.25, -0.2) is 0 Å². The number of likely N-dealkylation sites (tertiary alicyclic amines) is 1. The molecule has 0 saturated carbocycles. The number of benzene rings is 1. The second kappa shape index (κ2) is 14.0. The first kappa shape index (κ1) is 26.0. The van der Waals surface area contributed by atoms with Crippen molar-refractivity contribution in [3.63, 3.8) is 0 Å². The molecule has 1 aliphatic heterocycles. The topological polar surface area (TPSA) is 91.1 Å². The van der Waals surface area contributed by atoms with Crippen molar-refractivity contribution in [2.75, 3.05) is 46.4 Å². The lowest BCUT2D eigenvalue weighted by Crippen LogP contribution is -2.42. The van der Waals surface area contributed by atoms with Crippen LogP contribution in [0.5, 0.6) is 5.75 Å². The van der Waals surface area contributed by atoms with Gasteiger partial charge in [0.15, 0.2) is 11.7 Å². The largest absolute Gasteiger partial charge is 0.497 e. The molecule has 1 amide bonds. The third-order valence-electron chi connectivity index (χ3n) is 5.27. The van der Waals surface area contributed by atoms with E-state index in [1.54, 1.807) is 19.2 Å². The Bertz CT molecular complexity index is 838. The van der Waals surface area contributed by atoms with Gasteiger partial charge in [-0.05, 0) is 62.7 Å². The number of carbonyl (C=O) groups excluding carboxylic acids is 1. The SMILES string of the molecule is CCNC(=NCC(c1cccc(OC)c1)N1CCCC1)NCCNC(=O)c1ccco1.I. The van der Waals surface area contributed by atoms with E-state index in [-0.39, 0.29) is 35.9 Å². The molecule has 8 nitrogen and oxygen atoms in total. The Morgan fingerprint density at radius 3 is 2.62 bits per heavy atom. The van der Waals surface area contributed by atoms with Crippen LogP contribution < -0.4 is 20.7 Å². The molecule has 1 unspecified atom stereocenters. The van der Waals surface area contributed by atoms with E-state index in [4.69, 9.17) is 14.1 Å². The van der Waals surface area contributed by atoms with Crippen molar-refractivity contribution >= 4 is 35.8 Å². The Balaban J connectivity index is 0.00000363. The predicted octanol–water partition coefficient (Wildman–Crippen LogP) is 3.03. The Morgan fingerprint density at radius 1 is 1.16 bits per heavy atom. The van der Waals surface area contributed by atoms with Crippen molar-refractivity contribution in [1.82, 2.24) is 20.9 Å². The molecule has 2 heterocycles. The van der Waals surface area contributed by atoms with Crippen LogP contribution in [0.2, 0.25) is 0 Å². The van der Waals surface area contributed by atoms with E-state index in [2.05, 4.69) is 33.0 Å². The molecule has 1 fully saturated rings. The van der Waals surface area contributed by atoms with Crippen LogP contribution in [0, 0.1) is 0 Å². The minimum atomic E-state index is -0.221. The summed E-state index contributed by atoms with van der Waals surface area (Å²) in [5.41, 5.74) is 1.21. The average molecular weight is 555 g/mol. The maximum atomic E-state index is 12.0. The number of guanidine groups is 1.